The monoisotopic (exact) mass is 359 g/mol. The van der Waals surface area contributed by atoms with E-state index in [-0.39, 0.29) is 6.04 Å². The van der Waals surface area contributed by atoms with Crippen LogP contribution in [0.3, 0.4) is 0 Å². The number of halogens is 2. The summed E-state index contributed by atoms with van der Waals surface area (Å²) in [5, 5.41) is 10.2. The van der Waals surface area contributed by atoms with Gasteiger partial charge in [-0.25, -0.2) is 0 Å². The van der Waals surface area contributed by atoms with E-state index in [4.69, 9.17) is 11.6 Å². The van der Waals surface area contributed by atoms with Crippen molar-refractivity contribution in [2.75, 3.05) is 13.1 Å². The van der Waals surface area contributed by atoms with Gasteiger partial charge < -0.3 is 5.11 Å². The Labute approximate surface area is 133 Å². The number of rotatable bonds is 4. The van der Waals surface area contributed by atoms with Gasteiger partial charge in [0.2, 0.25) is 0 Å². The average Bonchev–Trinajstić information content (AvgIpc) is 2.83. The Balaban J connectivity index is 2.19. The molecule has 2 unspecified atom stereocenters. The van der Waals surface area contributed by atoms with Gasteiger partial charge in [-0.3, -0.25) is 9.69 Å². The van der Waals surface area contributed by atoms with E-state index < -0.39 is 11.4 Å². The molecule has 1 saturated heterocycles. The van der Waals surface area contributed by atoms with Gasteiger partial charge in [0.05, 0.1) is 5.41 Å². The van der Waals surface area contributed by atoms with E-state index in [0.29, 0.717) is 19.4 Å². The highest BCUT2D eigenvalue weighted by Crippen LogP contribution is 2.39. The van der Waals surface area contributed by atoms with Gasteiger partial charge in [-0.15, -0.1) is 0 Å². The molecule has 1 aliphatic heterocycles. The Kier molecular flexibility index (Phi) is 4.77. The van der Waals surface area contributed by atoms with E-state index in [1.165, 1.54) is 0 Å². The quantitative estimate of drug-likeness (QED) is 0.868. The molecule has 5 heteroatoms. The van der Waals surface area contributed by atoms with Gasteiger partial charge >= 0.3 is 5.97 Å². The van der Waals surface area contributed by atoms with Crippen molar-refractivity contribution in [1.29, 1.82) is 0 Å². The van der Waals surface area contributed by atoms with Crippen LogP contribution in [0.1, 0.15) is 38.3 Å². The van der Waals surface area contributed by atoms with E-state index in [9.17, 15) is 9.90 Å². The highest BCUT2D eigenvalue weighted by molar-refractivity contribution is 9.10. The SMILES string of the molecule is CCC1(C(=O)O)CCN(C(C)c2ccc(Br)cc2Cl)C1. The van der Waals surface area contributed by atoms with E-state index in [0.717, 1.165) is 21.6 Å². The van der Waals surface area contributed by atoms with Gasteiger partial charge in [-0.1, -0.05) is 40.5 Å². The normalized spacial score (nSPS) is 24.8. The van der Waals surface area contributed by atoms with Gasteiger partial charge in [0, 0.05) is 22.1 Å². The van der Waals surface area contributed by atoms with Crippen LogP contribution in [0.15, 0.2) is 22.7 Å². The van der Waals surface area contributed by atoms with E-state index in [2.05, 4.69) is 27.8 Å². The molecule has 110 valence electrons. The van der Waals surface area contributed by atoms with Crippen LogP contribution in [0.2, 0.25) is 5.02 Å². The number of hydrogen-bond donors (Lipinski definition) is 1. The second-order valence-electron chi connectivity index (χ2n) is 5.50. The fraction of sp³-hybridized carbons (Fsp3) is 0.533. The minimum atomic E-state index is -0.684. The zero-order valence-electron chi connectivity index (χ0n) is 11.7. The van der Waals surface area contributed by atoms with E-state index in [1.54, 1.807) is 0 Å². The molecule has 0 amide bonds. The number of likely N-dealkylation sites (tertiary alicyclic amines) is 1. The molecule has 1 aliphatic rings. The number of aliphatic carboxylic acids is 1. The Hall–Kier alpha value is -0.580. The van der Waals surface area contributed by atoms with Crippen molar-refractivity contribution >= 4 is 33.5 Å². The lowest BCUT2D eigenvalue weighted by Gasteiger charge is -2.28. The zero-order valence-corrected chi connectivity index (χ0v) is 14.0. The molecule has 1 aromatic rings. The number of carboxylic acid groups (broad SMARTS) is 1. The largest absolute Gasteiger partial charge is 0.481 e. The summed E-state index contributed by atoms with van der Waals surface area (Å²) >= 11 is 9.70. The van der Waals surface area contributed by atoms with Crippen LogP contribution in [-0.4, -0.2) is 29.1 Å². The number of carboxylic acids is 1. The third-order valence-corrected chi connectivity index (χ3v) is 5.29. The number of hydrogen-bond acceptors (Lipinski definition) is 2. The topological polar surface area (TPSA) is 40.5 Å². The zero-order chi connectivity index (χ0) is 14.9. The number of nitrogens with zero attached hydrogens (tertiary/aromatic N) is 1. The van der Waals surface area contributed by atoms with Crippen molar-refractivity contribution in [2.24, 2.45) is 5.41 Å². The Morgan fingerprint density at radius 2 is 2.30 bits per heavy atom. The summed E-state index contributed by atoms with van der Waals surface area (Å²) in [5.74, 6) is -0.684. The number of carbonyl (C=O) groups is 1. The minimum Gasteiger partial charge on any atom is -0.481 e. The van der Waals surface area contributed by atoms with Crippen molar-refractivity contribution in [2.45, 2.75) is 32.7 Å². The molecule has 0 aliphatic carbocycles. The lowest BCUT2D eigenvalue weighted by atomic mass is 9.84. The fourth-order valence-corrected chi connectivity index (χ4v) is 3.72. The highest BCUT2D eigenvalue weighted by Gasteiger charge is 2.44. The van der Waals surface area contributed by atoms with Crippen LogP contribution in [0, 0.1) is 5.41 Å². The third kappa shape index (κ3) is 2.87. The molecule has 0 radical (unpaired) electrons. The summed E-state index contributed by atoms with van der Waals surface area (Å²) in [6.45, 7) is 5.43. The van der Waals surface area contributed by atoms with Crippen LogP contribution in [-0.2, 0) is 4.79 Å². The molecular formula is C15H19BrClNO2. The van der Waals surface area contributed by atoms with Crippen LogP contribution in [0.4, 0.5) is 0 Å². The molecule has 2 atom stereocenters. The summed E-state index contributed by atoms with van der Waals surface area (Å²) in [4.78, 5) is 13.7. The maximum Gasteiger partial charge on any atom is 0.310 e. The average molecular weight is 361 g/mol. The molecule has 0 bridgehead atoms. The summed E-state index contributed by atoms with van der Waals surface area (Å²) in [6.07, 6.45) is 1.37. The first-order chi connectivity index (χ1) is 9.39. The predicted molar refractivity (Wildman–Crippen MR) is 84.1 cm³/mol. The maximum absolute atomic E-state index is 11.5. The van der Waals surface area contributed by atoms with Gasteiger partial charge in [0.15, 0.2) is 0 Å². The van der Waals surface area contributed by atoms with Crippen molar-refractivity contribution in [3.05, 3.63) is 33.3 Å². The van der Waals surface area contributed by atoms with Crippen molar-refractivity contribution in [3.63, 3.8) is 0 Å². The fourth-order valence-electron chi connectivity index (χ4n) is 2.89. The van der Waals surface area contributed by atoms with Crippen LogP contribution < -0.4 is 0 Å². The minimum absolute atomic E-state index is 0.128. The van der Waals surface area contributed by atoms with Crippen molar-refractivity contribution in [3.8, 4) is 0 Å². The first-order valence-electron chi connectivity index (χ1n) is 6.82. The van der Waals surface area contributed by atoms with Crippen LogP contribution in [0.25, 0.3) is 0 Å². The second kappa shape index (κ2) is 6.04. The molecular weight excluding hydrogens is 342 g/mol. The van der Waals surface area contributed by atoms with Crippen LogP contribution >= 0.6 is 27.5 Å². The maximum atomic E-state index is 11.5. The van der Waals surface area contributed by atoms with E-state index in [1.807, 2.05) is 25.1 Å². The molecule has 0 spiro atoms. The number of benzene rings is 1. The molecule has 1 heterocycles. The first-order valence-corrected chi connectivity index (χ1v) is 7.99. The standard InChI is InChI=1S/C15H19BrClNO2/c1-3-15(14(19)20)6-7-18(9-15)10(2)12-5-4-11(16)8-13(12)17/h4-5,8,10H,3,6-7,9H2,1-2H3,(H,19,20). The van der Waals surface area contributed by atoms with Gasteiger partial charge in [0.1, 0.15) is 0 Å². The second-order valence-corrected chi connectivity index (χ2v) is 6.82. The summed E-state index contributed by atoms with van der Waals surface area (Å²) in [6, 6.07) is 5.98. The molecule has 1 aromatic carbocycles. The van der Waals surface area contributed by atoms with E-state index >= 15 is 0 Å². The Morgan fingerprint density at radius 1 is 1.60 bits per heavy atom. The molecule has 0 saturated carbocycles. The summed E-state index contributed by atoms with van der Waals surface area (Å²) in [5.41, 5.74) is 0.447. The van der Waals surface area contributed by atoms with Gasteiger partial charge in [-0.2, -0.15) is 0 Å². The molecule has 1 fully saturated rings. The Morgan fingerprint density at radius 3 is 2.80 bits per heavy atom. The Bertz CT molecular complexity index is 523. The lowest BCUT2D eigenvalue weighted by molar-refractivity contribution is -0.148. The summed E-state index contributed by atoms with van der Waals surface area (Å²) < 4.78 is 0.952. The van der Waals surface area contributed by atoms with Gasteiger partial charge in [0.25, 0.3) is 0 Å². The van der Waals surface area contributed by atoms with Gasteiger partial charge in [-0.05, 0) is 44.0 Å². The first kappa shape index (κ1) is 15.8. The predicted octanol–water partition coefficient (Wildman–Crippen LogP) is 4.35. The van der Waals surface area contributed by atoms with Crippen molar-refractivity contribution < 1.29 is 9.90 Å². The highest BCUT2D eigenvalue weighted by atomic mass is 79.9. The smallest absolute Gasteiger partial charge is 0.310 e. The van der Waals surface area contributed by atoms with Crippen LogP contribution in [0.5, 0.6) is 0 Å². The summed E-state index contributed by atoms with van der Waals surface area (Å²) in [7, 11) is 0. The third-order valence-electron chi connectivity index (χ3n) is 4.47. The molecule has 20 heavy (non-hydrogen) atoms. The van der Waals surface area contributed by atoms with Crippen molar-refractivity contribution in [1.82, 2.24) is 4.90 Å². The molecule has 0 aromatic heterocycles. The lowest BCUT2D eigenvalue weighted by Crippen LogP contribution is -2.35. The molecule has 2 rings (SSSR count). The molecule has 3 nitrogen and oxygen atoms in total. The molecule has 1 N–H and O–H groups in total.